The second-order valence-electron chi connectivity index (χ2n) is 5.48. The molecule has 16 heavy (non-hydrogen) atoms. The maximum absolute atomic E-state index is 2.76. The third kappa shape index (κ3) is 2.78. The van der Waals surface area contributed by atoms with Gasteiger partial charge in [0.15, 0.2) is 0 Å². The first-order chi connectivity index (χ1) is 7.85. The molecular weight excluding hydrogens is 196 g/mol. The SMILES string of the molecule is CCC(CC)N1CCN(C2CCCC2)CC1. The largest absolute Gasteiger partial charge is 0.298 e. The average Bonchev–Trinajstić information content (AvgIpc) is 2.85. The average molecular weight is 224 g/mol. The summed E-state index contributed by atoms with van der Waals surface area (Å²) in [5, 5.41) is 0. The van der Waals surface area contributed by atoms with Gasteiger partial charge in [-0.15, -0.1) is 0 Å². The lowest BCUT2D eigenvalue weighted by molar-refractivity contribution is 0.0676. The summed E-state index contributed by atoms with van der Waals surface area (Å²) in [6, 6.07) is 1.77. The predicted molar refractivity (Wildman–Crippen MR) is 69.8 cm³/mol. The van der Waals surface area contributed by atoms with E-state index in [1.54, 1.807) is 0 Å². The molecule has 1 saturated carbocycles. The van der Waals surface area contributed by atoms with Gasteiger partial charge in [-0.1, -0.05) is 26.7 Å². The van der Waals surface area contributed by atoms with E-state index in [4.69, 9.17) is 0 Å². The third-order valence-electron chi connectivity index (χ3n) is 4.65. The Kier molecular flexibility index (Phi) is 4.66. The van der Waals surface area contributed by atoms with Crippen molar-refractivity contribution in [2.24, 2.45) is 0 Å². The highest BCUT2D eigenvalue weighted by molar-refractivity contribution is 4.83. The van der Waals surface area contributed by atoms with Gasteiger partial charge in [0.1, 0.15) is 0 Å². The molecule has 2 nitrogen and oxygen atoms in total. The molecule has 0 aromatic rings. The van der Waals surface area contributed by atoms with Crippen molar-refractivity contribution < 1.29 is 0 Å². The zero-order valence-electron chi connectivity index (χ0n) is 11.1. The number of nitrogens with zero attached hydrogens (tertiary/aromatic N) is 2. The Bertz CT molecular complexity index is 177. The van der Waals surface area contributed by atoms with Crippen LogP contribution in [0.4, 0.5) is 0 Å². The molecule has 2 heteroatoms. The number of piperazine rings is 1. The van der Waals surface area contributed by atoms with Gasteiger partial charge in [-0.2, -0.15) is 0 Å². The quantitative estimate of drug-likeness (QED) is 0.724. The number of rotatable bonds is 4. The summed E-state index contributed by atoms with van der Waals surface area (Å²) in [5.74, 6) is 0. The normalized spacial score (nSPS) is 25.7. The minimum Gasteiger partial charge on any atom is -0.298 e. The monoisotopic (exact) mass is 224 g/mol. The molecule has 0 bridgehead atoms. The fraction of sp³-hybridized carbons (Fsp3) is 1.00. The second-order valence-corrected chi connectivity index (χ2v) is 5.48. The molecule has 0 spiro atoms. The number of hydrogen-bond donors (Lipinski definition) is 0. The van der Waals surface area contributed by atoms with Crippen molar-refractivity contribution in [2.45, 2.75) is 64.5 Å². The first-order valence-electron chi connectivity index (χ1n) is 7.33. The zero-order valence-corrected chi connectivity index (χ0v) is 11.1. The van der Waals surface area contributed by atoms with Crippen molar-refractivity contribution in [1.82, 2.24) is 9.80 Å². The summed E-state index contributed by atoms with van der Waals surface area (Å²) in [6.07, 6.45) is 8.50. The van der Waals surface area contributed by atoms with Gasteiger partial charge < -0.3 is 0 Å². The summed E-state index contributed by atoms with van der Waals surface area (Å²) in [6.45, 7) is 9.92. The van der Waals surface area contributed by atoms with Crippen LogP contribution in [0, 0.1) is 0 Å². The Morgan fingerprint density at radius 3 is 2.00 bits per heavy atom. The Morgan fingerprint density at radius 2 is 1.50 bits per heavy atom. The highest BCUT2D eigenvalue weighted by Gasteiger charge is 2.27. The minimum atomic E-state index is 0.839. The van der Waals surface area contributed by atoms with Crippen LogP contribution in [0.2, 0.25) is 0 Å². The molecule has 0 N–H and O–H groups in total. The van der Waals surface area contributed by atoms with Crippen LogP contribution in [-0.2, 0) is 0 Å². The highest BCUT2D eigenvalue weighted by Crippen LogP contribution is 2.25. The Labute approximate surface area is 101 Å². The van der Waals surface area contributed by atoms with E-state index >= 15 is 0 Å². The fourth-order valence-electron chi connectivity index (χ4n) is 3.54. The molecule has 1 saturated heterocycles. The summed E-state index contributed by atoms with van der Waals surface area (Å²) >= 11 is 0. The van der Waals surface area contributed by atoms with E-state index in [0.29, 0.717) is 0 Å². The van der Waals surface area contributed by atoms with Gasteiger partial charge in [-0.3, -0.25) is 9.80 Å². The molecule has 0 radical (unpaired) electrons. The van der Waals surface area contributed by atoms with Crippen LogP contribution in [0.15, 0.2) is 0 Å². The van der Waals surface area contributed by atoms with Crippen molar-refractivity contribution in [2.75, 3.05) is 26.2 Å². The maximum Gasteiger partial charge on any atom is 0.0113 e. The Hall–Kier alpha value is -0.0800. The van der Waals surface area contributed by atoms with E-state index < -0.39 is 0 Å². The van der Waals surface area contributed by atoms with E-state index in [1.807, 2.05) is 0 Å². The molecule has 0 unspecified atom stereocenters. The molecule has 2 rings (SSSR count). The van der Waals surface area contributed by atoms with Crippen molar-refractivity contribution in [3.63, 3.8) is 0 Å². The van der Waals surface area contributed by atoms with Gasteiger partial charge in [-0.05, 0) is 25.7 Å². The van der Waals surface area contributed by atoms with Crippen LogP contribution in [0.1, 0.15) is 52.4 Å². The van der Waals surface area contributed by atoms with Crippen LogP contribution in [-0.4, -0.2) is 48.1 Å². The van der Waals surface area contributed by atoms with Crippen molar-refractivity contribution in [1.29, 1.82) is 0 Å². The Balaban J connectivity index is 1.77. The van der Waals surface area contributed by atoms with Crippen LogP contribution in [0.25, 0.3) is 0 Å². The van der Waals surface area contributed by atoms with Crippen LogP contribution < -0.4 is 0 Å². The standard InChI is InChI=1S/C14H28N2/c1-3-13(4-2)15-9-11-16(12-10-15)14-7-5-6-8-14/h13-14H,3-12H2,1-2H3. The van der Waals surface area contributed by atoms with Crippen LogP contribution >= 0.6 is 0 Å². The van der Waals surface area contributed by atoms with Crippen molar-refractivity contribution >= 4 is 0 Å². The molecule has 1 aliphatic heterocycles. The maximum atomic E-state index is 2.76. The highest BCUT2D eigenvalue weighted by atomic mass is 15.3. The van der Waals surface area contributed by atoms with Gasteiger partial charge in [0.25, 0.3) is 0 Å². The van der Waals surface area contributed by atoms with Gasteiger partial charge >= 0.3 is 0 Å². The van der Waals surface area contributed by atoms with Gasteiger partial charge in [-0.25, -0.2) is 0 Å². The van der Waals surface area contributed by atoms with E-state index in [1.165, 1.54) is 64.7 Å². The molecule has 0 amide bonds. The zero-order chi connectivity index (χ0) is 11.4. The van der Waals surface area contributed by atoms with Crippen LogP contribution in [0.5, 0.6) is 0 Å². The Morgan fingerprint density at radius 1 is 0.938 bits per heavy atom. The summed E-state index contributed by atoms with van der Waals surface area (Å²) in [4.78, 5) is 5.47. The van der Waals surface area contributed by atoms with Gasteiger partial charge in [0, 0.05) is 38.3 Å². The topological polar surface area (TPSA) is 6.48 Å². The lowest BCUT2D eigenvalue weighted by Crippen LogP contribution is -2.52. The van der Waals surface area contributed by atoms with Crippen molar-refractivity contribution in [3.05, 3.63) is 0 Å². The molecule has 0 atom stereocenters. The minimum absolute atomic E-state index is 0.839. The summed E-state index contributed by atoms with van der Waals surface area (Å²) < 4.78 is 0. The van der Waals surface area contributed by atoms with Gasteiger partial charge in [0.05, 0.1) is 0 Å². The summed E-state index contributed by atoms with van der Waals surface area (Å²) in [5.41, 5.74) is 0. The molecular formula is C14H28N2. The predicted octanol–water partition coefficient (Wildman–Crippen LogP) is 2.74. The van der Waals surface area contributed by atoms with E-state index in [-0.39, 0.29) is 0 Å². The lowest BCUT2D eigenvalue weighted by atomic mass is 10.1. The van der Waals surface area contributed by atoms with Gasteiger partial charge in [0.2, 0.25) is 0 Å². The lowest BCUT2D eigenvalue weighted by Gasteiger charge is -2.41. The van der Waals surface area contributed by atoms with E-state index in [0.717, 1.165) is 12.1 Å². The molecule has 2 aliphatic rings. The van der Waals surface area contributed by atoms with E-state index in [2.05, 4.69) is 23.6 Å². The first kappa shape index (κ1) is 12.4. The molecule has 0 aromatic carbocycles. The molecule has 0 aromatic heterocycles. The molecule has 1 aliphatic carbocycles. The third-order valence-corrected chi connectivity index (χ3v) is 4.65. The smallest absolute Gasteiger partial charge is 0.0113 e. The fourth-order valence-corrected chi connectivity index (χ4v) is 3.54. The summed E-state index contributed by atoms with van der Waals surface area (Å²) in [7, 11) is 0. The molecule has 94 valence electrons. The number of hydrogen-bond acceptors (Lipinski definition) is 2. The second kappa shape index (κ2) is 6.02. The first-order valence-corrected chi connectivity index (χ1v) is 7.33. The van der Waals surface area contributed by atoms with E-state index in [9.17, 15) is 0 Å². The molecule has 1 heterocycles. The van der Waals surface area contributed by atoms with Crippen LogP contribution in [0.3, 0.4) is 0 Å². The van der Waals surface area contributed by atoms with Crippen molar-refractivity contribution in [3.8, 4) is 0 Å². The molecule has 2 fully saturated rings.